The highest BCUT2D eigenvalue weighted by atomic mass is 35.5. The van der Waals surface area contributed by atoms with Crippen LogP contribution in [0.4, 0.5) is 5.69 Å². The molecule has 0 atom stereocenters. The van der Waals surface area contributed by atoms with Gasteiger partial charge in [-0.3, -0.25) is 4.79 Å². The number of carbonyl (C=O) groups is 1. The number of nitriles is 1. The van der Waals surface area contributed by atoms with Crippen LogP contribution in [0.15, 0.2) is 60.1 Å². The molecule has 1 N–H and O–H groups in total. The van der Waals surface area contributed by atoms with Gasteiger partial charge in [-0.1, -0.05) is 11.6 Å². The molecule has 40 heavy (non-hydrogen) atoms. The molecule has 1 aromatic heterocycles. The third-order valence-electron chi connectivity index (χ3n) is 6.05. The first-order valence-electron chi connectivity index (χ1n) is 11.8. The molecule has 202 valence electrons. The van der Waals surface area contributed by atoms with Gasteiger partial charge < -0.3 is 29.0 Å². The van der Waals surface area contributed by atoms with E-state index in [0.29, 0.717) is 55.7 Å². The molecule has 0 spiro atoms. The van der Waals surface area contributed by atoms with Crippen molar-refractivity contribution in [3.63, 3.8) is 0 Å². The smallest absolute Gasteiger partial charge is 0.231 e. The highest BCUT2D eigenvalue weighted by Crippen LogP contribution is 2.40. The fraction of sp³-hybridized carbons (Fsp3) is 0.138. The number of halogens is 1. The van der Waals surface area contributed by atoms with Gasteiger partial charge in [0.25, 0.3) is 0 Å². The predicted octanol–water partition coefficient (Wildman–Crippen LogP) is 6.43. The Labute approximate surface area is 239 Å². The number of allylic oxidation sites excluding steroid dienone is 1. The molecule has 9 nitrogen and oxygen atoms in total. The van der Waals surface area contributed by atoms with E-state index >= 15 is 0 Å². The average Bonchev–Trinajstić information content (AvgIpc) is 3.66. The van der Waals surface area contributed by atoms with E-state index in [4.69, 9.17) is 35.3 Å². The van der Waals surface area contributed by atoms with Gasteiger partial charge in [-0.15, -0.1) is 11.3 Å². The van der Waals surface area contributed by atoms with Crippen LogP contribution in [0, 0.1) is 11.3 Å². The van der Waals surface area contributed by atoms with Crippen molar-refractivity contribution < 1.29 is 28.5 Å². The van der Waals surface area contributed by atoms with Crippen LogP contribution in [0.25, 0.3) is 16.8 Å². The number of anilines is 1. The number of fused-ring (bicyclic) bond motifs is 1. The maximum atomic E-state index is 13.6. The number of thiazole rings is 1. The van der Waals surface area contributed by atoms with Crippen LogP contribution in [-0.4, -0.2) is 38.9 Å². The normalized spacial score (nSPS) is 12.0. The minimum absolute atomic E-state index is 0.183. The van der Waals surface area contributed by atoms with E-state index in [9.17, 15) is 10.1 Å². The van der Waals surface area contributed by atoms with Crippen LogP contribution in [-0.2, 0) is 0 Å². The van der Waals surface area contributed by atoms with E-state index < -0.39 is 0 Å². The molecule has 4 aromatic rings. The number of ether oxygens (including phenoxy) is 5. The number of nitrogens with zero attached hydrogens (tertiary/aromatic N) is 2. The molecular weight excluding hydrogens is 554 g/mol. The summed E-state index contributed by atoms with van der Waals surface area (Å²) in [4.78, 5) is 18.2. The van der Waals surface area contributed by atoms with E-state index in [1.54, 1.807) is 30.3 Å². The Morgan fingerprint density at radius 1 is 1.05 bits per heavy atom. The zero-order valence-corrected chi connectivity index (χ0v) is 23.2. The summed E-state index contributed by atoms with van der Waals surface area (Å²) in [5, 5.41) is 15.7. The summed E-state index contributed by atoms with van der Waals surface area (Å²) < 4.78 is 27.0. The Kier molecular flexibility index (Phi) is 7.77. The van der Waals surface area contributed by atoms with Crippen molar-refractivity contribution >= 4 is 40.0 Å². The zero-order valence-electron chi connectivity index (χ0n) is 21.6. The first-order valence-corrected chi connectivity index (χ1v) is 13.1. The van der Waals surface area contributed by atoms with Gasteiger partial charge in [0, 0.05) is 39.0 Å². The Balaban J connectivity index is 1.44. The first kappa shape index (κ1) is 26.9. The number of hydrogen-bond donors (Lipinski definition) is 1. The molecule has 0 bridgehead atoms. The Morgan fingerprint density at radius 2 is 1.80 bits per heavy atom. The molecule has 0 saturated heterocycles. The number of hydrogen-bond acceptors (Lipinski definition) is 10. The molecule has 0 aliphatic carbocycles. The lowest BCUT2D eigenvalue weighted by Crippen LogP contribution is -2.07. The van der Waals surface area contributed by atoms with Crippen LogP contribution < -0.4 is 29.0 Å². The number of rotatable bonds is 9. The van der Waals surface area contributed by atoms with E-state index in [-0.39, 0.29) is 23.7 Å². The summed E-state index contributed by atoms with van der Waals surface area (Å²) in [6, 6.07) is 15.7. The molecule has 0 fully saturated rings. The molecule has 5 rings (SSSR count). The largest absolute Gasteiger partial charge is 0.493 e. The molecule has 11 heteroatoms. The maximum Gasteiger partial charge on any atom is 0.231 e. The van der Waals surface area contributed by atoms with Crippen molar-refractivity contribution in [1.29, 1.82) is 5.26 Å². The quantitative estimate of drug-likeness (QED) is 0.178. The predicted molar refractivity (Wildman–Crippen MR) is 152 cm³/mol. The summed E-state index contributed by atoms with van der Waals surface area (Å²) in [5.41, 5.74) is 2.87. The number of benzene rings is 3. The van der Waals surface area contributed by atoms with Crippen LogP contribution in [0.5, 0.6) is 28.7 Å². The van der Waals surface area contributed by atoms with Gasteiger partial charge in [-0.2, -0.15) is 5.26 Å². The SMILES string of the molecule is COc1cc(C(=O)c2cc(Cl)ccc2NC=C(C#N)c2nc(-c3ccc4c(c3)OCO4)cs2)cc(OC)c1OC. The third-order valence-corrected chi connectivity index (χ3v) is 7.16. The lowest BCUT2D eigenvalue weighted by Gasteiger charge is -2.15. The molecular formula is C29H22ClN3O6S. The van der Waals surface area contributed by atoms with Gasteiger partial charge >= 0.3 is 0 Å². The second kappa shape index (κ2) is 11.6. The lowest BCUT2D eigenvalue weighted by atomic mass is 10.0. The summed E-state index contributed by atoms with van der Waals surface area (Å²) in [6.45, 7) is 0.183. The second-order valence-corrected chi connectivity index (χ2v) is 9.65. The number of nitrogens with one attached hydrogen (secondary N) is 1. The summed E-state index contributed by atoms with van der Waals surface area (Å²) in [7, 11) is 4.44. The Morgan fingerprint density at radius 3 is 2.50 bits per heavy atom. The van der Waals surface area contributed by atoms with Crippen molar-refractivity contribution in [3.8, 4) is 46.1 Å². The van der Waals surface area contributed by atoms with E-state index in [0.717, 1.165) is 5.56 Å². The molecule has 0 radical (unpaired) electrons. The van der Waals surface area contributed by atoms with Gasteiger partial charge in [0.15, 0.2) is 28.8 Å². The maximum absolute atomic E-state index is 13.6. The molecule has 0 amide bonds. The zero-order chi connectivity index (χ0) is 28.2. The second-order valence-electron chi connectivity index (χ2n) is 8.35. The van der Waals surface area contributed by atoms with Crippen LogP contribution in [0.3, 0.4) is 0 Å². The van der Waals surface area contributed by atoms with Gasteiger partial charge in [0.2, 0.25) is 12.5 Å². The van der Waals surface area contributed by atoms with Crippen LogP contribution in [0.1, 0.15) is 20.9 Å². The molecule has 3 aromatic carbocycles. The van der Waals surface area contributed by atoms with Gasteiger partial charge in [-0.25, -0.2) is 4.98 Å². The van der Waals surface area contributed by atoms with Crippen LogP contribution >= 0.6 is 22.9 Å². The highest BCUT2D eigenvalue weighted by Gasteiger charge is 2.21. The van der Waals surface area contributed by atoms with Crippen LogP contribution in [0.2, 0.25) is 5.02 Å². The first-order chi connectivity index (χ1) is 19.4. The summed E-state index contributed by atoms with van der Waals surface area (Å²) >= 11 is 7.58. The monoisotopic (exact) mass is 575 g/mol. The van der Waals surface area contributed by atoms with Crippen molar-refractivity contribution in [2.24, 2.45) is 0 Å². The fourth-order valence-electron chi connectivity index (χ4n) is 4.08. The number of aromatic nitrogens is 1. The molecule has 2 heterocycles. The minimum Gasteiger partial charge on any atom is -0.493 e. The van der Waals surface area contributed by atoms with Gasteiger partial charge in [-0.05, 0) is 48.5 Å². The topological polar surface area (TPSA) is 112 Å². The molecule has 1 aliphatic heterocycles. The number of ketones is 1. The van der Waals surface area contributed by atoms with E-state index in [1.807, 2.05) is 23.6 Å². The Bertz CT molecular complexity index is 1650. The van der Waals surface area contributed by atoms with E-state index in [2.05, 4.69) is 16.4 Å². The molecule has 0 unspecified atom stereocenters. The summed E-state index contributed by atoms with van der Waals surface area (Å²) in [5.74, 6) is 2.05. The number of carbonyl (C=O) groups excluding carboxylic acids is 1. The number of methoxy groups -OCH3 is 3. The van der Waals surface area contributed by atoms with Crippen molar-refractivity contribution in [1.82, 2.24) is 4.98 Å². The molecule has 0 saturated carbocycles. The minimum atomic E-state index is -0.337. The van der Waals surface area contributed by atoms with Crippen molar-refractivity contribution in [2.75, 3.05) is 33.4 Å². The molecule has 1 aliphatic rings. The standard InChI is InChI=1S/C29H22ClN3O6S/c1-35-25-9-17(10-26(36-2)28(25)37-3)27(34)20-11-19(30)5-6-21(20)32-13-18(12-31)29-33-22(14-40-29)16-4-7-23-24(8-16)39-15-38-23/h4-11,13-14,32H,15H2,1-3H3. The van der Waals surface area contributed by atoms with Crippen molar-refractivity contribution in [2.45, 2.75) is 0 Å². The lowest BCUT2D eigenvalue weighted by molar-refractivity contribution is 0.103. The average molecular weight is 576 g/mol. The summed E-state index contributed by atoms with van der Waals surface area (Å²) in [6.07, 6.45) is 1.51. The third kappa shape index (κ3) is 5.25. The van der Waals surface area contributed by atoms with Gasteiger partial charge in [0.1, 0.15) is 16.6 Å². The van der Waals surface area contributed by atoms with Crippen molar-refractivity contribution in [3.05, 3.63) is 81.3 Å². The van der Waals surface area contributed by atoms with Gasteiger partial charge in [0.05, 0.1) is 27.0 Å². The Hall–Kier alpha value is -4.72. The highest BCUT2D eigenvalue weighted by molar-refractivity contribution is 7.11. The van der Waals surface area contributed by atoms with E-state index in [1.165, 1.54) is 38.9 Å². The fourth-order valence-corrected chi connectivity index (χ4v) is 5.04.